The first-order chi connectivity index (χ1) is 32.9. The second-order valence-electron chi connectivity index (χ2n) is 18.9. The summed E-state index contributed by atoms with van der Waals surface area (Å²) in [6.07, 6.45) is 0.848. The second-order valence-corrected chi connectivity index (χ2v) is 18.9. The fraction of sp³-hybridized carbons (Fsp3) is 0.0909. The minimum absolute atomic E-state index is 0.143. The van der Waals surface area contributed by atoms with Gasteiger partial charge in [0.25, 0.3) is 0 Å². The molecule has 0 saturated carbocycles. The third-order valence-electron chi connectivity index (χ3n) is 14.7. The average Bonchev–Trinajstić information content (AvgIpc) is 3.80. The van der Waals surface area contributed by atoms with Gasteiger partial charge in [-0.3, -0.25) is 0 Å². The lowest BCUT2D eigenvalue weighted by atomic mass is 9.65. The summed E-state index contributed by atoms with van der Waals surface area (Å²) in [7, 11) is 0. The van der Waals surface area contributed by atoms with Crippen molar-refractivity contribution in [3.05, 3.63) is 293 Å². The van der Waals surface area contributed by atoms with Crippen LogP contribution in [-0.2, 0) is 17.3 Å². The SMILES string of the molecule is Cc1ccccc1C1(c2ccccc2Cc2ccccc2)c2ccccc2-c2cc(-c3ccccc3N(c3cccc(-c4ccccc4)c3)c3ccc4c(c3)C(C)(C)c3ccccc3-4)ccc21. The molecular formula is C66H51N. The van der Waals surface area contributed by atoms with Gasteiger partial charge in [-0.2, -0.15) is 0 Å². The largest absolute Gasteiger partial charge is 0.310 e. The lowest BCUT2D eigenvalue weighted by Crippen LogP contribution is -2.31. The molecule has 0 bridgehead atoms. The maximum atomic E-state index is 2.49. The van der Waals surface area contributed by atoms with Gasteiger partial charge in [0.15, 0.2) is 0 Å². The Balaban J connectivity index is 1.07. The molecule has 10 aromatic carbocycles. The Labute approximate surface area is 395 Å². The highest BCUT2D eigenvalue weighted by molar-refractivity contribution is 5.95. The van der Waals surface area contributed by atoms with E-state index in [9.17, 15) is 0 Å². The van der Waals surface area contributed by atoms with Gasteiger partial charge >= 0.3 is 0 Å². The van der Waals surface area contributed by atoms with E-state index in [0.717, 1.165) is 23.5 Å². The molecule has 0 spiro atoms. The third-order valence-corrected chi connectivity index (χ3v) is 14.7. The van der Waals surface area contributed by atoms with Crippen molar-refractivity contribution < 1.29 is 0 Å². The van der Waals surface area contributed by atoms with Crippen molar-refractivity contribution in [2.24, 2.45) is 0 Å². The molecule has 320 valence electrons. The maximum Gasteiger partial charge on any atom is 0.0718 e. The Hall–Kier alpha value is -8.00. The average molecular weight is 858 g/mol. The van der Waals surface area contributed by atoms with Gasteiger partial charge in [-0.05, 0) is 139 Å². The van der Waals surface area contributed by atoms with E-state index in [1.54, 1.807) is 0 Å². The predicted molar refractivity (Wildman–Crippen MR) is 281 cm³/mol. The Morgan fingerprint density at radius 3 is 1.69 bits per heavy atom. The Morgan fingerprint density at radius 1 is 0.343 bits per heavy atom. The van der Waals surface area contributed by atoms with Gasteiger partial charge in [-0.1, -0.05) is 220 Å². The van der Waals surface area contributed by atoms with Gasteiger partial charge in [0.2, 0.25) is 0 Å². The molecule has 0 saturated heterocycles. The zero-order chi connectivity index (χ0) is 45.1. The molecule has 0 amide bonds. The van der Waals surface area contributed by atoms with Gasteiger partial charge in [0.05, 0.1) is 11.1 Å². The summed E-state index contributed by atoms with van der Waals surface area (Å²) in [6.45, 7) is 7.02. The monoisotopic (exact) mass is 857 g/mol. The van der Waals surface area contributed by atoms with Crippen LogP contribution >= 0.6 is 0 Å². The molecule has 2 aliphatic rings. The van der Waals surface area contributed by atoms with Crippen LogP contribution < -0.4 is 4.90 Å². The quantitative estimate of drug-likeness (QED) is 0.140. The van der Waals surface area contributed by atoms with Gasteiger partial charge in [0, 0.05) is 22.4 Å². The zero-order valence-electron chi connectivity index (χ0n) is 38.2. The van der Waals surface area contributed by atoms with E-state index >= 15 is 0 Å². The first-order valence-corrected chi connectivity index (χ1v) is 23.6. The summed E-state index contributed by atoms with van der Waals surface area (Å²) in [6, 6.07) is 90.4. The molecule has 0 aliphatic heterocycles. The van der Waals surface area contributed by atoms with Crippen LogP contribution in [0.3, 0.4) is 0 Å². The minimum Gasteiger partial charge on any atom is -0.310 e. The highest BCUT2D eigenvalue weighted by atomic mass is 15.1. The van der Waals surface area contributed by atoms with E-state index in [0.29, 0.717) is 0 Å². The van der Waals surface area contributed by atoms with Crippen LogP contribution in [0.1, 0.15) is 63.9 Å². The number of hydrogen-bond acceptors (Lipinski definition) is 1. The standard InChI is InChI=1S/C66H51N/c1-45-21-10-15-32-58(45)66(59-33-16-11-26-50(59)41-46-22-6-4-7-23-46)61-35-18-13-31-55(61)57-43-49(37-40-62(57)66)53-29-14-19-36-64(53)67(51-28-20-27-48(42-51)47-24-8-5-9-25-47)52-38-39-56-54-30-12-17-34-60(54)65(2,3)63(56)44-52/h4-40,42-44H,41H2,1-3H3. The zero-order valence-corrected chi connectivity index (χ0v) is 38.2. The fourth-order valence-electron chi connectivity index (χ4n) is 11.7. The van der Waals surface area contributed by atoms with Gasteiger partial charge in [-0.15, -0.1) is 0 Å². The molecule has 0 radical (unpaired) electrons. The van der Waals surface area contributed by atoms with Crippen LogP contribution in [0.2, 0.25) is 0 Å². The van der Waals surface area contributed by atoms with Crippen molar-refractivity contribution >= 4 is 17.1 Å². The summed E-state index contributed by atoms with van der Waals surface area (Å²) in [5.41, 5.74) is 24.6. The van der Waals surface area contributed by atoms with Crippen LogP contribution in [0.25, 0.3) is 44.5 Å². The van der Waals surface area contributed by atoms with Crippen molar-refractivity contribution in [2.75, 3.05) is 4.90 Å². The summed E-state index contributed by atoms with van der Waals surface area (Å²) in [5, 5.41) is 0. The lowest BCUT2D eigenvalue weighted by Gasteiger charge is -2.37. The number of rotatable bonds is 9. The molecular weight excluding hydrogens is 807 g/mol. The van der Waals surface area contributed by atoms with Gasteiger partial charge in [0.1, 0.15) is 0 Å². The Kier molecular flexibility index (Phi) is 9.77. The summed E-state index contributed by atoms with van der Waals surface area (Å²) < 4.78 is 0. The van der Waals surface area contributed by atoms with E-state index in [-0.39, 0.29) is 5.41 Å². The third kappa shape index (κ3) is 6.52. The number of aryl methyl sites for hydroxylation is 1. The van der Waals surface area contributed by atoms with E-state index in [1.807, 2.05) is 0 Å². The van der Waals surface area contributed by atoms with Gasteiger partial charge in [-0.25, -0.2) is 0 Å². The number of nitrogens with zero attached hydrogens (tertiary/aromatic N) is 1. The highest BCUT2D eigenvalue weighted by Gasteiger charge is 2.48. The van der Waals surface area contributed by atoms with Crippen LogP contribution in [0.4, 0.5) is 17.1 Å². The van der Waals surface area contributed by atoms with Crippen LogP contribution in [0.15, 0.2) is 243 Å². The number of fused-ring (bicyclic) bond motifs is 6. The molecule has 10 aromatic rings. The number of para-hydroxylation sites is 1. The smallest absolute Gasteiger partial charge is 0.0718 e. The first kappa shape index (κ1) is 40.5. The van der Waals surface area contributed by atoms with Crippen molar-refractivity contribution in [2.45, 2.75) is 38.0 Å². The van der Waals surface area contributed by atoms with E-state index < -0.39 is 5.41 Å². The molecule has 1 atom stereocenters. The molecule has 1 unspecified atom stereocenters. The van der Waals surface area contributed by atoms with E-state index in [4.69, 9.17) is 0 Å². The van der Waals surface area contributed by atoms with Gasteiger partial charge < -0.3 is 4.90 Å². The summed E-state index contributed by atoms with van der Waals surface area (Å²) in [4.78, 5) is 2.49. The molecule has 0 fully saturated rings. The van der Waals surface area contributed by atoms with E-state index in [2.05, 4.69) is 268 Å². The molecule has 0 N–H and O–H groups in total. The summed E-state index contributed by atoms with van der Waals surface area (Å²) in [5.74, 6) is 0. The van der Waals surface area contributed by atoms with Crippen molar-refractivity contribution in [3.63, 3.8) is 0 Å². The van der Waals surface area contributed by atoms with Crippen LogP contribution in [-0.4, -0.2) is 0 Å². The second kappa shape index (κ2) is 16.2. The molecule has 12 rings (SSSR count). The lowest BCUT2D eigenvalue weighted by molar-refractivity contribution is 0.660. The molecule has 1 nitrogen and oxygen atoms in total. The van der Waals surface area contributed by atoms with Crippen molar-refractivity contribution in [1.82, 2.24) is 0 Å². The minimum atomic E-state index is -0.528. The fourth-order valence-corrected chi connectivity index (χ4v) is 11.7. The van der Waals surface area contributed by atoms with E-state index in [1.165, 1.54) is 94.6 Å². The van der Waals surface area contributed by atoms with Crippen molar-refractivity contribution in [3.8, 4) is 44.5 Å². The number of hydrogen-bond donors (Lipinski definition) is 0. The Bertz CT molecular complexity index is 3490. The topological polar surface area (TPSA) is 3.24 Å². The maximum absolute atomic E-state index is 2.49. The number of benzene rings is 10. The predicted octanol–water partition coefficient (Wildman–Crippen LogP) is 17.1. The Morgan fingerprint density at radius 2 is 0.910 bits per heavy atom. The van der Waals surface area contributed by atoms with Crippen LogP contribution in [0, 0.1) is 6.92 Å². The highest BCUT2D eigenvalue weighted by Crippen LogP contribution is 2.59. The molecule has 1 heteroatoms. The van der Waals surface area contributed by atoms with Crippen LogP contribution in [0.5, 0.6) is 0 Å². The number of anilines is 3. The molecule has 0 aromatic heterocycles. The molecule has 0 heterocycles. The van der Waals surface area contributed by atoms with Crippen molar-refractivity contribution in [1.29, 1.82) is 0 Å². The molecule has 2 aliphatic carbocycles. The summed E-state index contributed by atoms with van der Waals surface area (Å²) >= 11 is 0. The molecule has 67 heavy (non-hydrogen) atoms. The normalized spacial score (nSPS) is 15.0. The first-order valence-electron chi connectivity index (χ1n) is 23.6.